The lowest BCUT2D eigenvalue weighted by Crippen LogP contribution is -2.25. The summed E-state index contributed by atoms with van der Waals surface area (Å²) in [5.74, 6) is 0. The quantitative estimate of drug-likeness (QED) is 0.818. The first-order chi connectivity index (χ1) is 9.19. The van der Waals surface area contributed by atoms with Crippen LogP contribution in [0.4, 0.5) is 0 Å². The number of aryl methyl sites for hydroxylation is 2. The summed E-state index contributed by atoms with van der Waals surface area (Å²) in [6, 6.07) is 8.80. The van der Waals surface area contributed by atoms with Gasteiger partial charge in [-0.1, -0.05) is 25.1 Å². The zero-order valence-electron chi connectivity index (χ0n) is 11.7. The van der Waals surface area contributed by atoms with Gasteiger partial charge in [0.25, 0.3) is 0 Å². The summed E-state index contributed by atoms with van der Waals surface area (Å²) in [4.78, 5) is 0. The number of hydrogen-bond donors (Lipinski definition) is 1. The molecule has 0 aliphatic heterocycles. The van der Waals surface area contributed by atoms with E-state index < -0.39 is 0 Å². The molecular weight excluding hydrogens is 349 g/mol. The van der Waals surface area contributed by atoms with Crippen molar-refractivity contribution in [1.82, 2.24) is 15.1 Å². The summed E-state index contributed by atoms with van der Waals surface area (Å²) in [6.07, 6.45) is 1.88. The maximum absolute atomic E-state index is 4.39. The molecule has 0 radical (unpaired) electrons. The third-order valence-electron chi connectivity index (χ3n) is 3.29. The Morgan fingerprint density at radius 1 is 1.32 bits per heavy atom. The molecule has 0 saturated carbocycles. The standard InChI is InChI=1S/C15H20IN3/c1-4-17-15(13-9-10-18-19(13)5-2)12-8-6-7-11(3)14(12)16/h6-10,15,17H,4-5H2,1-3H3. The largest absolute Gasteiger partial charge is 0.305 e. The number of aromatic nitrogens is 2. The highest BCUT2D eigenvalue weighted by Crippen LogP contribution is 2.28. The molecule has 1 aromatic carbocycles. The first kappa shape index (κ1) is 14.5. The summed E-state index contributed by atoms with van der Waals surface area (Å²) in [7, 11) is 0. The molecule has 0 bridgehead atoms. The highest BCUT2D eigenvalue weighted by atomic mass is 127. The number of hydrogen-bond acceptors (Lipinski definition) is 2. The van der Waals surface area contributed by atoms with Gasteiger partial charge in [-0.05, 0) is 60.2 Å². The fourth-order valence-corrected chi connectivity index (χ4v) is 2.99. The van der Waals surface area contributed by atoms with Gasteiger partial charge in [0.05, 0.1) is 11.7 Å². The van der Waals surface area contributed by atoms with Gasteiger partial charge in [0.15, 0.2) is 0 Å². The number of benzene rings is 1. The molecule has 0 spiro atoms. The van der Waals surface area contributed by atoms with Crippen LogP contribution < -0.4 is 5.32 Å². The molecule has 0 amide bonds. The van der Waals surface area contributed by atoms with Gasteiger partial charge in [-0.25, -0.2) is 0 Å². The van der Waals surface area contributed by atoms with E-state index in [2.05, 4.69) is 82.7 Å². The molecule has 1 atom stereocenters. The van der Waals surface area contributed by atoms with Gasteiger partial charge in [0.2, 0.25) is 0 Å². The normalized spacial score (nSPS) is 12.6. The summed E-state index contributed by atoms with van der Waals surface area (Å²) in [6.45, 7) is 8.25. The second-order valence-electron chi connectivity index (χ2n) is 4.54. The molecule has 4 heteroatoms. The fraction of sp³-hybridized carbons (Fsp3) is 0.400. The van der Waals surface area contributed by atoms with Crippen molar-refractivity contribution in [3.8, 4) is 0 Å². The van der Waals surface area contributed by atoms with E-state index in [0.29, 0.717) is 0 Å². The number of nitrogens with zero attached hydrogens (tertiary/aromatic N) is 2. The van der Waals surface area contributed by atoms with Crippen LogP contribution >= 0.6 is 22.6 Å². The number of nitrogens with one attached hydrogen (secondary N) is 1. The molecule has 102 valence electrons. The maximum atomic E-state index is 4.39. The molecule has 1 aromatic heterocycles. The lowest BCUT2D eigenvalue weighted by atomic mass is 10.0. The minimum atomic E-state index is 0.208. The molecule has 0 aliphatic rings. The zero-order valence-corrected chi connectivity index (χ0v) is 13.8. The van der Waals surface area contributed by atoms with Crippen molar-refractivity contribution in [2.75, 3.05) is 6.54 Å². The zero-order chi connectivity index (χ0) is 13.8. The lowest BCUT2D eigenvalue weighted by Gasteiger charge is -2.21. The van der Waals surface area contributed by atoms with Gasteiger partial charge in [-0.2, -0.15) is 5.10 Å². The second kappa shape index (κ2) is 6.52. The van der Waals surface area contributed by atoms with E-state index in [1.807, 2.05) is 6.20 Å². The van der Waals surface area contributed by atoms with E-state index >= 15 is 0 Å². The van der Waals surface area contributed by atoms with Crippen molar-refractivity contribution in [1.29, 1.82) is 0 Å². The monoisotopic (exact) mass is 369 g/mol. The topological polar surface area (TPSA) is 29.9 Å². The van der Waals surface area contributed by atoms with Gasteiger partial charge in [0.1, 0.15) is 0 Å². The van der Waals surface area contributed by atoms with E-state index in [1.54, 1.807) is 0 Å². The van der Waals surface area contributed by atoms with Crippen LogP contribution in [0.2, 0.25) is 0 Å². The smallest absolute Gasteiger partial charge is 0.0758 e. The molecule has 3 nitrogen and oxygen atoms in total. The predicted molar refractivity (Wildman–Crippen MR) is 87.3 cm³/mol. The molecule has 1 unspecified atom stereocenters. The second-order valence-corrected chi connectivity index (χ2v) is 5.62. The fourth-order valence-electron chi connectivity index (χ4n) is 2.32. The molecule has 19 heavy (non-hydrogen) atoms. The maximum Gasteiger partial charge on any atom is 0.0758 e. The Kier molecular flexibility index (Phi) is 4.99. The Hall–Kier alpha value is -0.880. The van der Waals surface area contributed by atoms with Gasteiger partial charge < -0.3 is 5.32 Å². The van der Waals surface area contributed by atoms with E-state index in [1.165, 1.54) is 20.4 Å². The van der Waals surface area contributed by atoms with Crippen LogP contribution in [-0.2, 0) is 6.54 Å². The van der Waals surface area contributed by atoms with Crippen molar-refractivity contribution < 1.29 is 0 Å². The highest BCUT2D eigenvalue weighted by molar-refractivity contribution is 14.1. The average Bonchev–Trinajstić information content (AvgIpc) is 2.88. The SMILES string of the molecule is CCNC(c1cccc(C)c1I)c1ccnn1CC. The third kappa shape index (κ3) is 3.00. The Morgan fingerprint density at radius 2 is 2.11 bits per heavy atom. The first-order valence-electron chi connectivity index (χ1n) is 6.69. The summed E-state index contributed by atoms with van der Waals surface area (Å²) >= 11 is 2.44. The van der Waals surface area contributed by atoms with E-state index in [0.717, 1.165) is 13.1 Å². The molecule has 0 fully saturated rings. The van der Waals surface area contributed by atoms with Crippen LogP contribution in [0.5, 0.6) is 0 Å². The minimum Gasteiger partial charge on any atom is -0.305 e. The van der Waals surface area contributed by atoms with Crippen LogP contribution in [0.3, 0.4) is 0 Å². The van der Waals surface area contributed by atoms with Gasteiger partial charge >= 0.3 is 0 Å². The summed E-state index contributed by atoms with van der Waals surface area (Å²) < 4.78 is 3.39. The number of rotatable bonds is 5. The van der Waals surface area contributed by atoms with Gasteiger partial charge in [0, 0.05) is 16.3 Å². The molecular formula is C15H20IN3. The van der Waals surface area contributed by atoms with Gasteiger partial charge in [-0.15, -0.1) is 0 Å². The molecule has 1 heterocycles. The Bertz CT molecular complexity index is 548. The molecule has 2 rings (SSSR count). The summed E-state index contributed by atoms with van der Waals surface area (Å²) in [5.41, 5.74) is 3.88. The van der Waals surface area contributed by atoms with Crippen LogP contribution in [0.1, 0.15) is 36.7 Å². The van der Waals surface area contributed by atoms with Crippen molar-refractivity contribution in [3.05, 3.63) is 50.9 Å². The average molecular weight is 369 g/mol. The van der Waals surface area contributed by atoms with Crippen molar-refractivity contribution >= 4 is 22.6 Å². The molecule has 0 aliphatic carbocycles. The Labute approximate surface area is 128 Å². The molecule has 0 saturated heterocycles. The van der Waals surface area contributed by atoms with Crippen molar-refractivity contribution in [2.45, 2.75) is 33.4 Å². The Balaban J connectivity index is 2.48. The summed E-state index contributed by atoms with van der Waals surface area (Å²) in [5, 5.41) is 7.97. The van der Waals surface area contributed by atoms with E-state index in [-0.39, 0.29) is 6.04 Å². The minimum absolute atomic E-state index is 0.208. The lowest BCUT2D eigenvalue weighted by molar-refractivity contribution is 0.541. The van der Waals surface area contributed by atoms with E-state index in [9.17, 15) is 0 Å². The van der Waals surface area contributed by atoms with Crippen LogP contribution in [-0.4, -0.2) is 16.3 Å². The van der Waals surface area contributed by atoms with Crippen LogP contribution in [0, 0.1) is 10.5 Å². The first-order valence-corrected chi connectivity index (χ1v) is 7.77. The third-order valence-corrected chi connectivity index (χ3v) is 4.76. The van der Waals surface area contributed by atoms with E-state index in [4.69, 9.17) is 0 Å². The highest BCUT2D eigenvalue weighted by Gasteiger charge is 2.19. The van der Waals surface area contributed by atoms with Gasteiger partial charge in [-0.3, -0.25) is 4.68 Å². The van der Waals surface area contributed by atoms with Crippen LogP contribution in [0.15, 0.2) is 30.5 Å². The number of halogens is 1. The van der Waals surface area contributed by atoms with Crippen LogP contribution in [0.25, 0.3) is 0 Å². The predicted octanol–water partition coefficient (Wildman–Crippen LogP) is 3.51. The van der Waals surface area contributed by atoms with Crippen molar-refractivity contribution in [2.24, 2.45) is 0 Å². The molecule has 2 aromatic rings. The van der Waals surface area contributed by atoms with Crippen molar-refractivity contribution in [3.63, 3.8) is 0 Å². The Morgan fingerprint density at radius 3 is 2.79 bits per heavy atom. The molecule has 1 N–H and O–H groups in total.